The van der Waals surface area contributed by atoms with Crippen LogP contribution in [0.2, 0.25) is 10.0 Å². The lowest BCUT2D eigenvalue weighted by atomic mass is 10.1. The van der Waals surface area contributed by atoms with Gasteiger partial charge in [-0.15, -0.1) is 0 Å². The molecule has 0 amide bonds. The largest absolute Gasteiger partial charge is 0.457 e. The van der Waals surface area contributed by atoms with Crippen molar-refractivity contribution in [2.24, 2.45) is 0 Å². The summed E-state index contributed by atoms with van der Waals surface area (Å²) in [6.45, 7) is 1.91. The van der Waals surface area contributed by atoms with Crippen LogP contribution in [0, 0.1) is 0 Å². The van der Waals surface area contributed by atoms with E-state index >= 15 is 0 Å². The maximum Gasteiger partial charge on any atom is 0.133 e. The Kier molecular flexibility index (Phi) is 4.70. The summed E-state index contributed by atoms with van der Waals surface area (Å²) in [5.74, 6) is 1.16. The molecule has 1 atom stereocenters. The molecule has 2 rings (SSSR count). The van der Waals surface area contributed by atoms with Gasteiger partial charge in [0.25, 0.3) is 0 Å². The highest BCUT2D eigenvalue weighted by Crippen LogP contribution is 2.33. The minimum Gasteiger partial charge on any atom is -0.457 e. The predicted octanol–water partition coefficient (Wildman–Crippen LogP) is 5.23. The first-order valence-electron chi connectivity index (χ1n) is 6.01. The van der Waals surface area contributed by atoms with E-state index in [1.54, 1.807) is 18.2 Å². The van der Waals surface area contributed by atoms with Gasteiger partial charge < -0.3 is 9.84 Å². The fourth-order valence-corrected chi connectivity index (χ4v) is 2.29. The Labute approximate surface area is 122 Å². The summed E-state index contributed by atoms with van der Waals surface area (Å²) < 4.78 is 5.77. The van der Waals surface area contributed by atoms with Crippen LogP contribution in [0.25, 0.3) is 0 Å². The zero-order valence-electron chi connectivity index (χ0n) is 10.4. The van der Waals surface area contributed by atoms with Crippen molar-refractivity contribution in [1.82, 2.24) is 0 Å². The Bertz CT molecular complexity index is 550. The average Bonchev–Trinajstić information content (AvgIpc) is 2.37. The third-order valence-electron chi connectivity index (χ3n) is 2.73. The first kappa shape index (κ1) is 14.2. The fraction of sp³-hybridized carbons (Fsp3) is 0.200. The summed E-state index contributed by atoms with van der Waals surface area (Å²) in [7, 11) is 0. The van der Waals surface area contributed by atoms with Crippen molar-refractivity contribution in [3.05, 3.63) is 58.1 Å². The van der Waals surface area contributed by atoms with Crippen molar-refractivity contribution < 1.29 is 9.84 Å². The van der Waals surface area contributed by atoms with Crippen LogP contribution in [0.15, 0.2) is 42.5 Å². The van der Waals surface area contributed by atoms with Gasteiger partial charge in [-0.25, -0.2) is 0 Å². The SMILES string of the molecule is CC[C@@H](O)c1ccccc1Oc1cc(Cl)cc(Cl)c1. The lowest BCUT2D eigenvalue weighted by Crippen LogP contribution is -1.98. The molecule has 2 nitrogen and oxygen atoms in total. The van der Waals surface area contributed by atoms with E-state index in [2.05, 4.69) is 0 Å². The molecule has 2 aromatic rings. The number of benzene rings is 2. The number of hydrogen-bond donors (Lipinski definition) is 1. The molecule has 0 aliphatic carbocycles. The molecule has 19 heavy (non-hydrogen) atoms. The highest BCUT2D eigenvalue weighted by Gasteiger charge is 2.12. The van der Waals surface area contributed by atoms with Crippen molar-refractivity contribution in [3.63, 3.8) is 0 Å². The molecular weight excluding hydrogens is 283 g/mol. The molecule has 100 valence electrons. The van der Waals surface area contributed by atoms with Gasteiger partial charge in [-0.3, -0.25) is 0 Å². The van der Waals surface area contributed by atoms with Gasteiger partial charge in [0.15, 0.2) is 0 Å². The van der Waals surface area contributed by atoms with E-state index in [-0.39, 0.29) is 0 Å². The summed E-state index contributed by atoms with van der Waals surface area (Å²) in [5, 5.41) is 11.0. The number of halogens is 2. The first-order valence-corrected chi connectivity index (χ1v) is 6.76. The molecule has 0 unspecified atom stereocenters. The Hall–Kier alpha value is -1.22. The monoisotopic (exact) mass is 296 g/mol. The van der Waals surface area contributed by atoms with Gasteiger partial charge in [0.1, 0.15) is 11.5 Å². The number of ether oxygens (including phenoxy) is 1. The molecule has 2 aromatic carbocycles. The quantitative estimate of drug-likeness (QED) is 0.837. The second-order valence-corrected chi connectivity index (χ2v) is 5.04. The zero-order valence-corrected chi connectivity index (χ0v) is 11.9. The normalized spacial score (nSPS) is 12.2. The lowest BCUT2D eigenvalue weighted by molar-refractivity contribution is 0.170. The summed E-state index contributed by atoms with van der Waals surface area (Å²) >= 11 is 11.9. The van der Waals surface area contributed by atoms with Crippen LogP contribution in [0.1, 0.15) is 25.0 Å². The van der Waals surface area contributed by atoms with Crippen LogP contribution >= 0.6 is 23.2 Å². The minimum absolute atomic E-state index is 0.510. The molecule has 0 aromatic heterocycles. The topological polar surface area (TPSA) is 29.5 Å². The van der Waals surface area contributed by atoms with Gasteiger partial charge in [-0.2, -0.15) is 0 Å². The second-order valence-electron chi connectivity index (χ2n) is 4.17. The highest BCUT2D eigenvalue weighted by atomic mass is 35.5. The molecular formula is C15H14Cl2O2. The van der Waals surface area contributed by atoms with E-state index in [1.165, 1.54) is 0 Å². The molecule has 4 heteroatoms. The van der Waals surface area contributed by atoms with Crippen molar-refractivity contribution in [1.29, 1.82) is 0 Å². The van der Waals surface area contributed by atoms with Crippen LogP contribution in [-0.4, -0.2) is 5.11 Å². The van der Waals surface area contributed by atoms with Gasteiger partial charge in [0.2, 0.25) is 0 Å². The molecule has 0 radical (unpaired) electrons. The molecule has 1 N–H and O–H groups in total. The second kappa shape index (κ2) is 6.29. The predicted molar refractivity (Wildman–Crippen MR) is 78.2 cm³/mol. The molecule has 0 heterocycles. The molecule has 0 aliphatic heterocycles. The minimum atomic E-state index is -0.550. The van der Waals surface area contributed by atoms with Gasteiger partial charge in [-0.1, -0.05) is 48.3 Å². The highest BCUT2D eigenvalue weighted by molar-refractivity contribution is 6.34. The Balaban J connectivity index is 2.32. The molecule has 0 bridgehead atoms. The fourth-order valence-electron chi connectivity index (χ4n) is 1.78. The third-order valence-corrected chi connectivity index (χ3v) is 3.17. The van der Waals surface area contributed by atoms with Crippen molar-refractivity contribution in [2.75, 3.05) is 0 Å². The van der Waals surface area contributed by atoms with Crippen LogP contribution in [-0.2, 0) is 0 Å². The van der Waals surface area contributed by atoms with Crippen LogP contribution in [0.5, 0.6) is 11.5 Å². The average molecular weight is 297 g/mol. The van der Waals surface area contributed by atoms with Crippen LogP contribution in [0.4, 0.5) is 0 Å². The molecule has 0 saturated heterocycles. The van der Waals surface area contributed by atoms with Crippen LogP contribution in [0.3, 0.4) is 0 Å². The van der Waals surface area contributed by atoms with E-state index < -0.39 is 6.10 Å². The summed E-state index contributed by atoms with van der Waals surface area (Å²) in [5.41, 5.74) is 0.751. The zero-order chi connectivity index (χ0) is 13.8. The Morgan fingerprint density at radius 1 is 1.11 bits per heavy atom. The first-order chi connectivity index (χ1) is 9.10. The van der Waals surface area contributed by atoms with Gasteiger partial charge in [0, 0.05) is 15.6 Å². The van der Waals surface area contributed by atoms with Crippen molar-refractivity contribution >= 4 is 23.2 Å². The molecule has 0 saturated carbocycles. The number of aliphatic hydroxyl groups excluding tert-OH is 1. The Morgan fingerprint density at radius 2 is 1.74 bits per heavy atom. The summed E-state index contributed by atoms with van der Waals surface area (Å²) in [6.07, 6.45) is 0.0716. The van der Waals surface area contributed by atoms with Gasteiger partial charge >= 0.3 is 0 Å². The molecule has 0 spiro atoms. The lowest BCUT2D eigenvalue weighted by Gasteiger charge is -2.15. The smallest absolute Gasteiger partial charge is 0.133 e. The summed E-state index contributed by atoms with van der Waals surface area (Å²) in [6, 6.07) is 12.4. The number of hydrogen-bond acceptors (Lipinski definition) is 2. The van der Waals surface area contributed by atoms with E-state index in [4.69, 9.17) is 27.9 Å². The standard InChI is InChI=1S/C15H14Cl2O2/c1-2-14(18)13-5-3-4-6-15(13)19-12-8-10(16)7-11(17)9-12/h3-9,14,18H,2H2,1H3/t14-/m1/s1. The Morgan fingerprint density at radius 3 is 2.37 bits per heavy atom. The third kappa shape index (κ3) is 3.63. The van der Waals surface area contributed by atoms with Crippen LogP contribution < -0.4 is 4.74 Å². The number of rotatable bonds is 4. The molecule has 0 aliphatic rings. The van der Waals surface area contributed by atoms with E-state index in [0.29, 0.717) is 28.0 Å². The van der Waals surface area contributed by atoms with Gasteiger partial charge in [-0.05, 0) is 30.7 Å². The maximum absolute atomic E-state index is 9.97. The van der Waals surface area contributed by atoms with Crippen molar-refractivity contribution in [3.8, 4) is 11.5 Å². The molecule has 0 fully saturated rings. The van der Waals surface area contributed by atoms with E-state index in [9.17, 15) is 5.11 Å². The van der Waals surface area contributed by atoms with Gasteiger partial charge in [0.05, 0.1) is 6.10 Å². The number of para-hydroxylation sites is 1. The summed E-state index contributed by atoms with van der Waals surface area (Å²) in [4.78, 5) is 0. The van der Waals surface area contributed by atoms with E-state index in [0.717, 1.165) is 5.56 Å². The van der Waals surface area contributed by atoms with E-state index in [1.807, 2.05) is 31.2 Å². The van der Waals surface area contributed by atoms with Crippen molar-refractivity contribution in [2.45, 2.75) is 19.4 Å². The number of aliphatic hydroxyl groups is 1. The maximum atomic E-state index is 9.97.